The minimum Gasteiger partial charge on any atom is -0.393 e. The maximum absolute atomic E-state index is 11.4. The highest BCUT2D eigenvalue weighted by Gasteiger charge is 2.44. The van der Waals surface area contributed by atoms with E-state index >= 15 is 0 Å². The minimum atomic E-state index is -1.57. The van der Waals surface area contributed by atoms with Crippen LogP contribution in [0.15, 0.2) is 11.0 Å². The second-order valence-electron chi connectivity index (χ2n) is 3.45. The summed E-state index contributed by atoms with van der Waals surface area (Å²) >= 11 is 0. The predicted molar refractivity (Wildman–Crippen MR) is 52.7 cm³/mol. The lowest BCUT2D eigenvalue weighted by Gasteiger charge is -2.13. The molecule has 0 aliphatic carbocycles. The van der Waals surface area contributed by atoms with Gasteiger partial charge in [-0.3, -0.25) is 4.79 Å². The molecule has 2 rings (SSSR count). The first-order valence-electron chi connectivity index (χ1n) is 4.74. The lowest BCUT2D eigenvalue weighted by atomic mass is 10.2. The number of aliphatic hydroxyl groups is 2. The number of nitrogen functional groups attached to an aromatic ring is 1. The largest absolute Gasteiger partial charge is 0.393 e. The average Bonchev–Trinajstić information content (AvgIpc) is 2.57. The van der Waals surface area contributed by atoms with Crippen molar-refractivity contribution in [2.45, 2.75) is 18.4 Å². The van der Waals surface area contributed by atoms with Gasteiger partial charge in [-0.15, -0.1) is 0 Å². The van der Waals surface area contributed by atoms with Gasteiger partial charge >= 0.3 is 5.69 Å². The summed E-state index contributed by atoms with van der Waals surface area (Å²) in [7, 11) is 0. The molecular weight excluding hydrogens is 232 g/mol. The van der Waals surface area contributed by atoms with Crippen LogP contribution in [0.4, 0.5) is 5.82 Å². The molecule has 0 radical (unpaired) electrons. The molecule has 0 aromatic carbocycles. The molecule has 0 saturated carbocycles. The quantitative estimate of drug-likeness (QED) is 0.499. The van der Waals surface area contributed by atoms with Crippen LogP contribution >= 0.6 is 0 Å². The molecule has 1 saturated heterocycles. The van der Waals surface area contributed by atoms with E-state index in [9.17, 15) is 14.7 Å². The fraction of sp³-hybridized carbons (Fsp3) is 0.500. The van der Waals surface area contributed by atoms with Crippen molar-refractivity contribution in [1.29, 1.82) is 0 Å². The Morgan fingerprint density at radius 3 is 2.76 bits per heavy atom. The van der Waals surface area contributed by atoms with E-state index in [-0.39, 0.29) is 5.82 Å². The van der Waals surface area contributed by atoms with Crippen molar-refractivity contribution in [3.05, 3.63) is 16.7 Å². The lowest BCUT2D eigenvalue weighted by Crippen LogP contribution is -2.35. The molecule has 9 nitrogen and oxygen atoms in total. The van der Waals surface area contributed by atoms with E-state index < -0.39 is 36.5 Å². The molecule has 1 aliphatic heterocycles. The number of carbonyl (C=O) groups is 1. The van der Waals surface area contributed by atoms with Crippen LogP contribution < -0.4 is 11.4 Å². The molecule has 2 heterocycles. The molecule has 4 N–H and O–H groups in total. The van der Waals surface area contributed by atoms with Gasteiger partial charge in [0.2, 0.25) is 0 Å². The summed E-state index contributed by atoms with van der Waals surface area (Å²) in [5.41, 5.74) is 4.40. The third kappa shape index (κ3) is 1.90. The van der Waals surface area contributed by atoms with Gasteiger partial charge in [0.1, 0.15) is 11.9 Å². The zero-order valence-corrected chi connectivity index (χ0v) is 8.55. The molecule has 1 aromatic rings. The first-order valence-corrected chi connectivity index (χ1v) is 4.74. The number of nitrogens with two attached hydrogens (primary N) is 1. The Labute approximate surface area is 94.5 Å². The molecule has 3 atom stereocenters. The molecule has 0 amide bonds. The molecule has 1 fully saturated rings. The number of carbonyl (C=O) groups excluding carboxylic acids is 1. The highest BCUT2D eigenvalue weighted by molar-refractivity contribution is 5.89. The number of ether oxygens (including phenoxy) is 1. The topological polar surface area (TPSA) is 141 Å². The minimum absolute atomic E-state index is 0.0798. The molecule has 9 heteroatoms. The fourth-order valence-corrected chi connectivity index (χ4v) is 1.50. The van der Waals surface area contributed by atoms with Gasteiger partial charge in [0.25, 0.3) is 0 Å². The average molecular weight is 242 g/mol. The number of aromatic nitrogens is 3. The van der Waals surface area contributed by atoms with E-state index in [1.54, 1.807) is 0 Å². The molecule has 92 valence electrons. The van der Waals surface area contributed by atoms with Gasteiger partial charge < -0.3 is 20.7 Å². The van der Waals surface area contributed by atoms with Crippen LogP contribution in [0.5, 0.6) is 0 Å². The van der Waals surface area contributed by atoms with Crippen molar-refractivity contribution in [2.24, 2.45) is 0 Å². The van der Waals surface area contributed by atoms with E-state index in [1.165, 1.54) is 0 Å². The first-order chi connectivity index (χ1) is 8.04. The smallest absolute Gasteiger partial charge is 0.368 e. The van der Waals surface area contributed by atoms with Gasteiger partial charge in [0, 0.05) is 0 Å². The zero-order valence-electron chi connectivity index (χ0n) is 8.55. The third-order valence-corrected chi connectivity index (χ3v) is 2.32. The Kier molecular flexibility index (Phi) is 2.88. The summed E-state index contributed by atoms with van der Waals surface area (Å²) in [5, 5.41) is 22.0. The van der Waals surface area contributed by atoms with Crippen LogP contribution in [0.2, 0.25) is 0 Å². The Hall–Kier alpha value is -1.84. The SMILES string of the molecule is Nc1cnn([C@@H]2O[C@H](CO)C(=O)C2O)c(=O)n1. The van der Waals surface area contributed by atoms with Gasteiger partial charge in [0.15, 0.2) is 18.1 Å². The summed E-state index contributed by atoms with van der Waals surface area (Å²) in [6, 6.07) is 0. The van der Waals surface area contributed by atoms with Crippen LogP contribution in [0.1, 0.15) is 6.23 Å². The Morgan fingerprint density at radius 1 is 1.53 bits per heavy atom. The number of rotatable bonds is 2. The maximum atomic E-state index is 11.4. The summed E-state index contributed by atoms with van der Waals surface area (Å²) in [5.74, 6) is -0.785. The molecular formula is C8H10N4O5. The van der Waals surface area contributed by atoms with Gasteiger partial charge in [-0.25, -0.2) is 4.79 Å². The fourth-order valence-electron chi connectivity index (χ4n) is 1.50. The van der Waals surface area contributed by atoms with Crippen molar-refractivity contribution >= 4 is 11.6 Å². The first kappa shape index (κ1) is 11.6. The van der Waals surface area contributed by atoms with Crippen molar-refractivity contribution in [2.75, 3.05) is 12.3 Å². The van der Waals surface area contributed by atoms with Crippen LogP contribution in [-0.4, -0.2) is 49.6 Å². The normalized spacial score (nSPS) is 28.6. The molecule has 0 bridgehead atoms. The number of anilines is 1. The highest BCUT2D eigenvalue weighted by atomic mass is 16.6. The number of nitrogens with zero attached hydrogens (tertiary/aromatic N) is 3. The Balaban J connectivity index is 2.35. The van der Waals surface area contributed by atoms with Crippen LogP contribution in [0.3, 0.4) is 0 Å². The standard InChI is InChI=1S/C8H10N4O5/c9-4-1-10-12(8(16)11-4)7-6(15)5(14)3(2-13)17-7/h1,3,6-7,13,15H,2H2,(H2,9,11,16)/t3-,6?,7-/m1/s1. The number of aliphatic hydroxyl groups excluding tert-OH is 2. The summed E-state index contributed by atoms with van der Waals surface area (Å²) in [4.78, 5) is 26.2. The van der Waals surface area contributed by atoms with Crippen molar-refractivity contribution in [1.82, 2.24) is 14.8 Å². The maximum Gasteiger partial charge on any atom is 0.368 e. The monoisotopic (exact) mass is 242 g/mol. The van der Waals surface area contributed by atoms with E-state index in [1.807, 2.05) is 0 Å². The second-order valence-corrected chi connectivity index (χ2v) is 3.45. The van der Waals surface area contributed by atoms with Crippen LogP contribution in [0, 0.1) is 0 Å². The van der Waals surface area contributed by atoms with Gasteiger partial charge in [-0.05, 0) is 0 Å². The van der Waals surface area contributed by atoms with Gasteiger partial charge in [-0.2, -0.15) is 14.8 Å². The molecule has 1 aliphatic rings. The van der Waals surface area contributed by atoms with E-state index in [4.69, 9.17) is 15.6 Å². The molecule has 1 unspecified atom stereocenters. The van der Waals surface area contributed by atoms with E-state index in [0.717, 1.165) is 6.20 Å². The van der Waals surface area contributed by atoms with Crippen LogP contribution in [0.25, 0.3) is 0 Å². The molecule has 0 spiro atoms. The summed E-state index contributed by atoms with van der Waals surface area (Å²) < 4.78 is 5.71. The molecule has 17 heavy (non-hydrogen) atoms. The van der Waals surface area contributed by atoms with E-state index in [2.05, 4.69) is 10.1 Å². The zero-order chi connectivity index (χ0) is 12.6. The Morgan fingerprint density at radius 2 is 2.24 bits per heavy atom. The lowest BCUT2D eigenvalue weighted by molar-refractivity contribution is -0.128. The number of ketones is 1. The highest BCUT2D eigenvalue weighted by Crippen LogP contribution is 2.23. The predicted octanol–water partition coefficient (Wildman–Crippen LogP) is -2.96. The second kappa shape index (κ2) is 4.20. The Bertz CT molecular complexity index is 501. The van der Waals surface area contributed by atoms with Crippen molar-refractivity contribution < 1.29 is 19.7 Å². The summed E-state index contributed by atoms with van der Waals surface area (Å²) in [6.07, 6.45) is -2.93. The van der Waals surface area contributed by atoms with Gasteiger partial charge in [-0.1, -0.05) is 0 Å². The van der Waals surface area contributed by atoms with Gasteiger partial charge in [0.05, 0.1) is 12.8 Å². The van der Waals surface area contributed by atoms with E-state index in [0.29, 0.717) is 4.68 Å². The number of hydrogen-bond donors (Lipinski definition) is 3. The number of Topliss-reactive ketones (excluding diaryl/α,β-unsaturated/α-hetero) is 1. The third-order valence-electron chi connectivity index (χ3n) is 2.32. The van der Waals surface area contributed by atoms with Crippen molar-refractivity contribution in [3.8, 4) is 0 Å². The summed E-state index contributed by atoms with van der Waals surface area (Å²) in [6.45, 7) is -0.580. The van der Waals surface area contributed by atoms with Crippen molar-refractivity contribution in [3.63, 3.8) is 0 Å². The van der Waals surface area contributed by atoms with Crippen LogP contribution in [-0.2, 0) is 9.53 Å². The molecule has 1 aromatic heterocycles. The number of hydrogen-bond acceptors (Lipinski definition) is 8.